The Kier molecular flexibility index (Phi) is 2.86. The van der Waals surface area contributed by atoms with Crippen molar-refractivity contribution in [3.63, 3.8) is 0 Å². The fourth-order valence-electron chi connectivity index (χ4n) is 2.43. The molecular weight excluding hydrogens is 232 g/mol. The molecule has 1 saturated carbocycles. The molecule has 5 nitrogen and oxygen atoms in total. The number of aliphatic hydroxyl groups is 1. The maximum absolute atomic E-state index is 12.2. The van der Waals surface area contributed by atoms with Gasteiger partial charge < -0.3 is 14.5 Å². The molecule has 1 aromatic rings. The van der Waals surface area contributed by atoms with Crippen LogP contribution in [-0.2, 0) is 0 Å². The third-order valence-electron chi connectivity index (χ3n) is 3.87. The molecule has 2 heterocycles. The number of carbonyl (C=O) groups excluding carboxylic acids is 1. The van der Waals surface area contributed by atoms with Gasteiger partial charge in [-0.05, 0) is 25.2 Å². The van der Waals surface area contributed by atoms with Gasteiger partial charge in [-0.2, -0.15) is 0 Å². The lowest BCUT2D eigenvalue weighted by molar-refractivity contribution is 0.0292. The minimum Gasteiger partial charge on any atom is -0.393 e. The molecule has 3 rings (SSSR count). The first-order valence-electron chi connectivity index (χ1n) is 6.59. The lowest BCUT2D eigenvalue weighted by Gasteiger charge is -2.33. The van der Waals surface area contributed by atoms with Crippen molar-refractivity contribution in [3.05, 3.63) is 17.5 Å². The van der Waals surface area contributed by atoms with Gasteiger partial charge in [-0.25, -0.2) is 0 Å². The van der Waals surface area contributed by atoms with Crippen molar-refractivity contribution in [2.24, 2.45) is 5.92 Å². The number of hydrogen-bond acceptors (Lipinski definition) is 4. The zero-order chi connectivity index (χ0) is 12.7. The van der Waals surface area contributed by atoms with Gasteiger partial charge in [-0.1, -0.05) is 12.1 Å². The molecule has 1 saturated heterocycles. The van der Waals surface area contributed by atoms with Crippen LogP contribution in [0.3, 0.4) is 0 Å². The van der Waals surface area contributed by atoms with E-state index in [-0.39, 0.29) is 17.9 Å². The topological polar surface area (TPSA) is 66.6 Å². The average Bonchev–Trinajstić information content (AvgIpc) is 3.10. The molecule has 0 radical (unpaired) electrons. The van der Waals surface area contributed by atoms with Crippen molar-refractivity contribution in [1.82, 2.24) is 10.1 Å². The number of rotatable bonds is 2. The summed E-state index contributed by atoms with van der Waals surface area (Å²) in [5.41, 5.74) is 0.403. The number of likely N-dealkylation sites (tertiary alicyclic amines) is 1. The van der Waals surface area contributed by atoms with Crippen LogP contribution in [0.5, 0.6) is 0 Å². The molecule has 0 spiro atoms. The minimum absolute atomic E-state index is 0.0793. The first-order chi connectivity index (χ1) is 8.65. The third kappa shape index (κ3) is 2.14. The highest BCUT2D eigenvalue weighted by Gasteiger charge is 2.32. The van der Waals surface area contributed by atoms with Gasteiger partial charge in [0.2, 0.25) is 0 Å². The van der Waals surface area contributed by atoms with Gasteiger partial charge in [0.15, 0.2) is 5.69 Å². The zero-order valence-corrected chi connectivity index (χ0v) is 10.5. The van der Waals surface area contributed by atoms with Crippen molar-refractivity contribution >= 4 is 5.91 Å². The molecule has 2 aliphatic rings. The van der Waals surface area contributed by atoms with Gasteiger partial charge in [0.1, 0.15) is 5.76 Å². The number of hydrogen-bond donors (Lipinski definition) is 1. The van der Waals surface area contributed by atoms with Crippen molar-refractivity contribution < 1.29 is 14.4 Å². The van der Waals surface area contributed by atoms with Gasteiger partial charge in [0.25, 0.3) is 5.91 Å². The molecular formula is C13H18N2O3. The van der Waals surface area contributed by atoms with Gasteiger partial charge in [0, 0.05) is 25.1 Å². The smallest absolute Gasteiger partial charge is 0.276 e. The quantitative estimate of drug-likeness (QED) is 0.861. The minimum atomic E-state index is -0.298. The van der Waals surface area contributed by atoms with Crippen LogP contribution < -0.4 is 0 Å². The zero-order valence-electron chi connectivity index (χ0n) is 10.5. The Morgan fingerprint density at radius 2 is 2.28 bits per heavy atom. The first-order valence-corrected chi connectivity index (χ1v) is 6.59. The summed E-state index contributed by atoms with van der Waals surface area (Å²) in [5.74, 6) is 1.35. The monoisotopic (exact) mass is 250 g/mol. The van der Waals surface area contributed by atoms with E-state index in [2.05, 4.69) is 5.16 Å². The van der Waals surface area contributed by atoms with Gasteiger partial charge >= 0.3 is 0 Å². The summed E-state index contributed by atoms with van der Waals surface area (Å²) < 4.78 is 5.20. The molecule has 1 N–H and O–H groups in total. The van der Waals surface area contributed by atoms with E-state index in [1.54, 1.807) is 11.0 Å². The van der Waals surface area contributed by atoms with E-state index in [4.69, 9.17) is 4.52 Å². The molecule has 5 heteroatoms. The SMILES string of the molecule is CC1CN(C(=O)c2cc(C3CC3)on2)CCC1O. The van der Waals surface area contributed by atoms with E-state index >= 15 is 0 Å². The number of carbonyl (C=O) groups is 1. The molecule has 1 aliphatic heterocycles. The highest BCUT2D eigenvalue weighted by Crippen LogP contribution is 2.40. The highest BCUT2D eigenvalue weighted by molar-refractivity contribution is 5.92. The largest absolute Gasteiger partial charge is 0.393 e. The average molecular weight is 250 g/mol. The van der Waals surface area contributed by atoms with E-state index in [0.29, 0.717) is 31.1 Å². The molecule has 18 heavy (non-hydrogen) atoms. The van der Waals surface area contributed by atoms with Crippen LogP contribution in [0.1, 0.15) is 48.4 Å². The van der Waals surface area contributed by atoms with E-state index in [9.17, 15) is 9.90 Å². The van der Waals surface area contributed by atoms with Crippen LogP contribution >= 0.6 is 0 Å². The molecule has 2 fully saturated rings. The summed E-state index contributed by atoms with van der Waals surface area (Å²) in [6.45, 7) is 3.14. The summed E-state index contributed by atoms with van der Waals surface area (Å²) in [4.78, 5) is 14.0. The Balaban J connectivity index is 1.69. The summed E-state index contributed by atoms with van der Waals surface area (Å²) in [6.07, 6.45) is 2.61. The molecule has 0 aromatic carbocycles. The Hall–Kier alpha value is -1.36. The highest BCUT2D eigenvalue weighted by atomic mass is 16.5. The Labute approximate surface area is 106 Å². The summed E-state index contributed by atoms with van der Waals surface area (Å²) in [6, 6.07) is 1.77. The van der Waals surface area contributed by atoms with Crippen molar-refractivity contribution in [3.8, 4) is 0 Å². The fourth-order valence-corrected chi connectivity index (χ4v) is 2.43. The molecule has 1 aromatic heterocycles. The van der Waals surface area contributed by atoms with Crippen molar-refractivity contribution in [2.75, 3.05) is 13.1 Å². The van der Waals surface area contributed by atoms with E-state index in [0.717, 1.165) is 18.6 Å². The number of piperidine rings is 1. The maximum Gasteiger partial charge on any atom is 0.276 e. The number of nitrogens with zero attached hydrogens (tertiary/aromatic N) is 2. The molecule has 1 aliphatic carbocycles. The van der Waals surface area contributed by atoms with E-state index in [1.165, 1.54) is 0 Å². The van der Waals surface area contributed by atoms with E-state index in [1.807, 2.05) is 6.92 Å². The lowest BCUT2D eigenvalue weighted by Crippen LogP contribution is -2.45. The molecule has 0 bridgehead atoms. The summed E-state index contributed by atoms with van der Waals surface area (Å²) in [5, 5.41) is 13.5. The van der Waals surface area contributed by atoms with Crippen LogP contribution in [0.15, 0.2) is 10.6 Å². The number of amides is 1. The van der Waals surface area contributed by atoms with E-state index < -0.39 is 0 Å². The maximum atomic E-state index is 12.2. The molecule has 98 valence electrons. The van der Waals surface area contributed by atoms with Crippen molar-refractivity contribution in [2.45, 2.75) is 38.2 Å². The van der Waals surface area contributed by atoms with Crippen LogP contribution in [0, 0.1) is 5.92 Å². The molecule has 2 atom stereocenters. The third-order valence-corrected chi connectivity index (χ3v) is 3.87. The summed E-state index contributed by atoms with van der Waals surface area (Å²) in [7, 11) is 0. The molecule has 2 unspecified atom stereocenters. The molecule has 1 amide bonds. The van der Waals surface area contributed by atoms with Gasteiger partial charge in [0.05, 0.1) is 6.10 Å². The second kappa shape index (κ2) is 4.39. The number of aromatic nitrogens is 1. The summed E-state index contributed by atoms with van der Waals surface area (Å²) >= 11 is 0. The van der Waals surface area contributed by atoms with Gasteiger partial charge in [-0.3, -0.25) is 4.79 Å². The van der Waals surface area contributed by atoms with Crippen molar-refractivity contribution in [1.29, 1.82) is 0 Å². The predicted octanol–water partition coefficient (Wildman–Crippen LogP) is 1.39. The second-order valence-corrected chi connectivity index (χ2v) is 5.47. The lowest BCUT2D eigenvalue weighted by atomic mass is 9.96. The Morgan fingerprint density at radius 3 is 2.94 bits per heavy atom. The van der Waals surface area contributed by atoms with Crippen LogP contribution in [0.4, 0.5) is 0 Å². The van der Waals surface area contributed by atoms with Gasteiger partial charge in [-0.15, -0.1) is 0 Å². The Morgan fingerprint density at radius 1 is 1.50 bits per heavy atom. The standard InChI is InChI=1S/C13H18N2O3/c1-8-7-15(5-4-11(8)16)13(17)10-6-12(18-14-10)9-2-3-9/h6,8-9,11,16H,2-5,7H2,1H3. The van der Waals surface area contributed by atoms with Crippen LogP contribution in [0.25, 0.3) is 0 Å². The van der Waals surface area contributed by atoms with Crippen LogP contribution in [0.2, 0.25) is 0 Å². The predicted molar refractivity (Wildman–Crippen MR) is 64.2 cm³/mol. The second-order valence-electron chi connectivity index (χ2n) is 5.47. The van der Waals surface area contributed by atoms with Crippen LogP contribution in [-0.4, -0.2) is 40.3 Å². The normalized spacial score (nSPS) is 28.4. The first kappa shape index (κ1) is 11.7. The Bertz CT molecular complexity index is 453. The fraction of sp³-hybridized carbons (Fsp3) is 0.692. The number of aliphatic hydroxyl groups excluding tert-OH is 1.